The highest BCUT2D eigenvalue weighted by atomic mass is 16.5. The van der Waals surface area contributed by atoms with Crippen molar-refractivity contribution >= 4 is 11.7 Å². The van der Waals surface area contributed by atoms with E-state index in [1.165, 1.54) is 6.92 Å². The minimum Gasteiger partial charge on any atom is -0.394 e. The molecule has 1 amide bonds. The number of anilines is 1. The lowest BCUT2D eigenvalue weighted by molar-refractivity contribution is -0.220. The summed E-state index contributed by atoms with van der Waals surface area (Å²) in [5.74, 6) is -0.590. The number of carbonyl (C=O) groups excluding carboxylic acids is 1. The minimum atomic E-state index is -1.55. The standard InChI is InChI=1S/C15H23N5O8/c1-7(22)16-9-11(24)10(23)8(6-21)28-14(9)20-15(26)17-13(25)12(18-20)19-2-4-27-5-3-19/h8-11,14,21,23-24H,2-6H2,1H3,(H,16,22)(H,17,25,26)/t8-,9-,10-,11-,14-/m1/s1. The molecule has 2 aliphatic heterocycles. The average Bonchev–Trinajstić information content (AvgIpc) is 2.67. The fraction of sp³-hybridized carbons (Fsp3) is 0.733. The van der Waals surface area contributed by atoms with E-state index in [0.717, 1.165) is 4.68 Å². The fourth-order valence-electron chi connectivity index (χ4n) is 3.26. The lowest BCUT2D eigenvalue weighted by Gasteiger charge is -2.42. The van der Waals surface area contributed by atoms with Gasteiger partial charge in [-0.1, -0.05) is 0 Å². The maximum atomic E-state index is 12.4. The second kappa shape index (κ2) is 8.36. The molecule has 13 nitrogen and oxygen atoms in total. The maximum Gasteiger partial charge on any atom is 0.347 e. The molecule has 1 aromatic rings. The summed E-state index contributed by atoms with van der Waals surface area (Å²) < 4.78 is 11.6. The Morgan fingerprint density at radius 3 is 2.57 bits per heavy atom. The predicted octanol–water partition coefficient (Wildman–Crippen LogP) is -4.12. The van der Waals surface area contributed by atoms with Crippen LogP contribution < -0.4 is 21.5 Å². The molecule has 0 unspecified atom stereocenters. The van der Waals surface area contributed by atoms with Gasteiger partial charge in [-0.05, 0) is 0 Å². The summed E-state index contributed by atoms with van der Waals surface area (Å²) in [5, 5.41) is 36.4. The van der Waals surface area contributed by atoms with Gasteiger partial charge in [0, 0.05) is 20.0 Å². The third-order valence-corrected chi connectivity index (χ3v) is 4.66. The quantitative estimate of drug-likeness (QED) is 0.333. The number of aliphatic hydroxyl groups is 3. The van der Waals surface area contributed by atoms with Gasteiger partial charge in [0.25, 0.3) is 5.56 Å². The van der Waals surface area contributed by atoms with Crippen molar-refractivity contribution in [2.45, 2.75) is 37.5 Å². The molecule has 1 aromatic heterocycles. The first-order chi connectivity index (χ1) is 13.3. The van der Waals surface area contributed by atoms with Crippen LogP contribution in [0.25, 0.3) is 0 Å². The number of carbonyl (C=O) groups is 1. The van der Waals surface area contributed by atoms with Crippen LogP contribution in [0.5, 0.6) is 0 Å². The van der Waals surface area contributed by atoms with Crippen molar-refractivity contribution in [3.05, 3.63) is 20.8 Å². The number of ether oxygens (including phenoxy) is 2. The van der Waals surface area contributed by atoms with Crippen molar-refractivity contribution in [2.24, 2.45) is 0 Å². The van der Waals surface area contributed by atoms with Gasteiger partial charge >= 0.3 is 5.69 Å². The van der Waals surface area contributed by atoms with Crippen LogP contribution in [0.1, 0.15) is 13.2 Å². The van der Waals surface area contributed by atoms with Gasteiger partial charge in [-0.25, -0.2) is 4.79 Å². The molecule has 3 rings (SSSR count). The largest absolute Gasteiger partial charge is 0.394 e. The number of hydrogen-bond donors (Lipinski definition) is 5. The van der Waals surface area contributed by atoms with E-state index in [-0.39, 0.29) is 5.82 Å². The topological polar surface area (TPSA) is 179 Å². The average molecular weight is 401 g/mol. The van der Waals surface area contributed by atoms with Crippen LogP contribution in [0.4, 0.5) is 5.82 Å². The number of aliphatic hydroxyl groups excluding tert-OH is 3. The highest BCUT2D eigenvalue weighted by Gasteiger charge is 2.46. The van der Waals surface area contributed by atoms with Gasteiger partial charge < -0.3 is 35.0 Å². The predicted molar refractivity (Wildman–Crippen MR) is 92.8 cm³/mol. The molecule has 2 saturated heterocycles. The summed E-state index contributed by atoms with van der Waals surface area (Å²) in [7, 11) is 0. The number of nitrogens with one attached hydrogen (secondary N) is 2. The van der Waals surface area contributed by atoms with E-state index < -0.39 is 54.3 Å². The summed E-state index contributed by atoms with van der Waals surface area (Å²) >= 11 is 0. The van der Waals surface area contributed by atoms with Crippen molar-refractivity contribution in [3.8, 4) is 0 Å². The summed E-state index contributed by atoms with van der Waals surface area (Å²) in [6, 6.07) is -1.25. The van der Waals surface area contributed by atoms with E-state index in [9.17, 15) is 29.7 Å². The summed E-state index contributed by atoms with van der Waals surface area (Å²) in [4.78, 5) is 39.9. The Labute approximate surface area is 158 Å². The van der Waals surface area contributed by atoms with Gasteiger partial charge in [-0.15, -0.1) is 5.10 Å². The number of nitrogens with zero attached hydrogens (tertiary/aromatic N) is 3. The molecular formula is C15H23N5O8. The molecule has 2 aliphatic rings. The van der Waals surface area contributed by atoms with Crippen LogP contribution in [-0.2, 0) is 14.3 Å². The van der Waals surface area contributed by atoms with E-state index in [1.807, 2.05) is 0 Å². The van der Waals surface area contributed by atoms with Crippen molar-refractivity contribution in [1.82, 2.24) is 20.1 Å². The molecule has 0 radical (unpaired) electrons. The van der Waals surface area contributed by atoms with E-state index in [1.54, 1.807) is 4.90 Å². The molecule has 5 atom stereocenters. The van der Waals surface area contributed by atoms with Gasteiger partial charge in [0.05, 0.1) is 19.8 Å². The zero-order chi connectivity index (χ0) is 20.4. The van der Waals surface area contributed by atoms with Gasteiger partial charge in [0.15, 0.2) is 6.23 Å². The number of morpholine rings is 1. The first-order valence-electron chi connectivity index (χ1n) is 8.79. The van der Waals surface area contributed by atoms with Gasteiger partial charge in [-0.2, -0.15) is 4.68 Å². The number of hydrogen-bond acceptors (Lipinski definition) is 10. The van der Waals surface area contributed by atoms with Gasteiger partial charge in [-0.3, -0.25) is 14.6 Å². The Balaban J connectivity index is 2.03. The molecule has 2 fully saturated rings. The monoisotopic (exact) mass is 401 g/mol. The van der Waals surface area contributed by atoms with Crippen LogP contribution in [0, 0.1) is 0 Å². The number of H-pyrrole nitrogens is 1. The third kappa shape index (κ3) is 3.93. The van der Waals surface area contributed by atoms with E-state index >= 15 is 0 Å². The molecule has 0 bridgehead atoms. The second-order valence-electron chi connectivity index (χ2n) is 6.58. The Bertz CT molecular complexity index is 819. The zero-order valence-corrected chi connectivity index (χ0v) is 15.1. The highest BCUT2D eigenvalue weighted by Crippen LogP contribution is 2.27. The highest BCUT2D eigenvalue weighted by molar-refractivity contribution is 5.73. The Morgan fingerprint density at radius 2 is 1.96 bits per heavy atom. The molecule has 0 aliphatic carbocycles. The molecule has 0 aromatic carbocycles. The van der Waals surface area contributed by atoms with Crippen molar-refractivity contribution in [2.75, 3.05) is 37.8 Å². The molecule has 5 N–H and O–H groups in total. The van der Waals surface area contributed by atoms with Crippen LogP contribution >= 0.6 is 0 Å². The van der Waals surface area contributed by atoms with Gasteiger partial charge in [0.1, 0.15) is 24.4 Å². The van der Waals surface area contributed by atoms with E-state index in [4.69, 9.17) is 9.47 Å². The minimum absolute atomic E-state index is 0.0470. The maximum absolute atomic E-state index is 12.4. The first kappa shape index (κ1) is 20.4. The Kier molecular flexibility index (Phi) is 6.10. The first-order valence-corrected chi connectivity index (χ1v) is 8.79. The van der Waals surface area contributed by atoms with E-state index in [0.29, 0.717) is 26.3 Å². The summed E-state index contributed by atoms with van der Waals surface area (Å²) in [6.07, 6.45) is -5.65. The molecule has 0 spiro atoms. The number of amides is 1. The molecule has 156 valence electrons. The fourth-order valence-corrected chi connectivity index (χ4v) is 3.26. The molecule has 28 heavy (non-hydrogen) atoms. The summed E-state index contributed by atoms with van der Waals surface area (Å²) in [6.45, 7) is 2.08. The van der Waals surface area contributed by atoms with Crippen molar-refractivity contribution < 1.29 is 29.6 Å². The van der Waals surface area contributed by atoms with Crippen LogP contribution in [0.3, 0.4) is 0 Å². The Morgan fingerprint density at radius 1 is 1.29 bits per heavy atom. The normalized spacial score (nSPS) is 30.9. The Hall–Kier alpha value is -2.32. The number of aromatic amines is 1. The zero-order valence-electron chi connectivity index (χ0n) is 15.1. The van der Waals surface area contributed by atoms with Crippen molar-refractivity contribution in [1.29, 1.82) is 0 Å². The lowest BCUT2D eigenvalue weighted by atomic mass is 9.96. The lowest BCUT2D eigenvalue weighted by Crippen LogP contribution is -2.63. The van der Waals surface area contributed by atoms with E-state index in [2.05, 4.69) is 15.4 Å². The molecule has 0 saturated carbocycles. The molecular weight excluding hydrogens is 378 g/mol. The smallest absolute Gasteiger partial charge is 0.347 e. The van der Waals surface area contributed by atoms with Crippen LogP contribution in [0.15, 0.2) is 9.59 Å². The number of aromatic nitrogens is 3. The van der Waals surface area contributed by atoms with Crippen molar-refractivity contribution in [3.63, 3.8) is 0 Å². The number of rotatable bonds is 4. The summed E-state index contributed by atoms with van der Waals surface area (Å²) in [5.41, 5.74) is -1.63. The molecule has 13 heteroatoms. The van der Waals surface area contributed by atoms with Gasteiger partial charge in [0.2, 0.25) is 11.7 Å². The second-order valence-corrected chi connectivity index (χ2v) is 6.58. The molecule has 3 heterocycles. The third-order valence-electron chi connectivity index (χ3n) is 4.66. The van der Waals surface area contributed by atoms with Crippen LogP contribution in [-0.4, -0.2) is 93.3 Å². The SMILES string of the molecule is CC(=O)N[C@@H]1[C@@H](O)[C@H](O)[C@@H](CO)O[C@H]1n1nc(N2CCOCC2)c(=O)[nH]c1=O. The van der Waals surface area contributed by atoms with Crippen LogP contribution in [0.2, 0.25) is 0 Å².